The average molecular weight is 424 g/mol. The summed E-state index contributed by atoms with van der Waals surface area (Å²) in [5, 5.41) is 0.465. The highest BCUT2D eigenvalue weighted by Crippen LogP contribution is 2.30. The van der Waals surface area contributed by atoms with Crippen molar-refractivity contribution in [3.63, 3.8) is 0 Å². The monoisotopic (exact) mass is 423 g/mol. The van der Waals surface area contributed by atoms with Crippen molar-refractivity contribution in [1.82, 2.24) is 14.9 Å². The van der Waals surface area contributed by atoms with Gasteiger partial charge in [0.2, 0.25) is 5.95 Å². The third kappa shape index (κ3) is 4.44. The Labute approximate surface area is 182 Å². The summed E-state index contributed by atoms with van der Waals surface area (Å²) in [6.07, 6.45) is 0. The van der Waals surface area contributed by atoms with E-state index in [1.165, 1.54) is 5.69 Å². The molecule has 0 saturated carbocycles. The Morgan fingerprint density at radius 3 is 2.48 bits per heavy atom. The molecule has 0 spiro atoms. The lowest BCUT2D eigenvalue weighted by Gasteiger charge is -2.34. The van der Waals surface area contributed by atoms with Gasteiger partial charge in [-0.3, -0.25) is 9.78 Å². The zero-order valence-electron chi connectivity index (χ0n) is 18.5. The number of ether oxygens (including phenoxy) is 2. The number of hydrogen-bond donors (Lipinski definition) is 1. The Morgan fingerprint density at radius 2 is 1.77 bits per heavy atom. The van der Waals surface area contributed by atoms with Crippen molar-refractivity contribution in [1.29, 1.82) is 0 Å². The first-order valence-electron chi connectivity index (χ1n) is 10.4. The number of nitrogens with one attached hydrogen (secondary N) is 1. The van der Waals surface area contributed by atoms with Crippen molar-refractivity contribution in [3.05, 3.63) is 52.3 Å². The summed E-state index contributed by atoms with van der Waals surface area (Å²) in [6, 6.07) is 11.9. The summed E-state index contributed by atoms with van der Waals surface area (Å²) in [5.74, 6) is 1.56. The third-order valence-corrected chi connectivity index (χ3v) is 5.76. The van der Waals surface area contributed by atoms with Crippen molar-refractivity contribution in [3.8, 4) is 11.5 Å². The van der Waals surface area contributed by atoms with Gasteiger partial charge < -0.3 is 24.2 Å². The zero-order chi connectivity index (χ0) is 22.0. The largest absolute Gasteiger partial charge is 0.493 e. The number of likely N-dealkylation sites (N-methyl/N-ethyl adjacent to an activating group) is 1. The molecule has 1 fully saturated rings. The molecule has 1 aliphatic heterocycles. The number of fused-ring (bicyclic) bond motifs is 1. The van der Waals surface area contributed by atoms with Crippen molar-refractivity contribution in [2.45, 2.75) is 6.54 Å². The minimum Gasteiger partial charge on any atom is -0.493 e. The number of piperazine rings is 1. The molecule has 1 aromatic heterocycles. The van der Waals surface area contributed by atoms with Crippen molar-refractivity contribution >= 4 is 22.5 Å². The molecule has 0 aliphatic carbocycles. The maximum Gasteiger partial charge on any atom is 0.260 e. The number of rotatable bonds is 6. The quantitative estimate of drug-likeness (QED) is 0.652. The van der Waals surface area contributed by atoms with Crippen LogP contribution in [0.15, 0.2) is 41.2 Å². The van der Waals surface area contributed by atoms with Gasteiger partial charge >= 0.3 is 0 Å². The lowest BCUT2D eigenvalue weighted by molar-refractivity contribution is 0.313. The minimum absolute atomic E-state index is 0.209. The second-order valence-electron chi connectivity index (χ2n) is 7.93. The van der Waals surface area contributed by atoms with Gasteiger partial charge in [-0.2, -0.15) is 0 Å². The third-order valence-electron chi connectivity index (χ3n) is 5.76. The Hall–Kier alpha value is -3.26. The van der Waals surface area contributed by atoms with Crippen molar-refractivity contribution < 1.29 is 9.47 Å². The van der Waals surface area contributed by atoms with E-state index in [4.69, 9.17) is 9.47 Å². The molecule has 3 aromatic rings. The summed E-state index contributed by atoms with van der Waals surface area (Å²) in [6.45, 7) is 4.83. The highest BCUT2D eigenvalue weighted by molar-refractivity contribution is 5.82. The molecule has 1 N–H and O–H groups in total. The molecule has 0 atom stereocenters. The molecule has 2 aromatic carbocycles. The molecule has 2 heterocycles. The molecule has 8 heteroatoms. The second kappa shape index (κ2) is 8.85. The van der Waals surface area contributed by atoms with Crippen LogP contribution in [0.1, 0.15) is 5.56 Å². The second-order valence-corrected chi connectivity index (χ2v) is 7.93. The first-order valence-corrected chi connectivity index (χ1v) is 10.4. The Kier molecular flexibility index (Phi) is 5.99. The van der Waals surface area contributed by atoms with Gasteiger partial charge in [-0.05, 0) is 30.8 Å². The van der Waals surface area contributed by atoms with Gasteiger partial charge in [-0.15, -0.1) is 0 Å². The predicted octanol–water partition coefficient (Wildman–Crippen LogP) is 2.33. The average Bonchev–Trinajstić information content (AvgIpc) is 2.78. The van der Waals surface area contributed by atoms with Gasteiger partial charge in [0, 0.05) is 51.5 Å². The van der Waals surface area contributed by atoms with Crippen LogP contribution in [0.25, 0.3) is 10.9 Å². The highest BCUT2D eigenvalue weighted by Gasteiger charge is 2.16. The van der Waals surface area contributed by atoms with Gasteiger partial charge in [-0.1, -0.05) is 12.1 Å². The Morgan fingerprint density at radius 1 is 1.06 bits per heavy atom. The molecule has 1 saturated heterocycles. The summed E-state index contributed by atoms with van der Waals surface area (Å²) in [5.41, 5.74) is 2.75. The normalized spacial score (nSPS) is 14.6. The van der Waals surface area contributed by atoms with Crippen LogP contribution in [0.4, 0.5) is 11.6 Å². The predicted molar refractivity (Wildman–Crippen MR) is 124 cm³/mol. The fourth-order valence-electron chi connectivity index (χ4n) is 3.90. The summed E-state index contributed by atoms with van der Waals surface area (Å²) >= 11 is 0. The van der Waals surface area contributed by atoms with E-state index in [2.05, 4.69) is 51.1 Å². The number of hydrogen-bond acceptors (Lipinski definition) is 7. The van der Waals surface area contributed by atoms with E-state index in [0.717, 1.165) is 31.7 Å². The van der Waals surface area contributed by atoms with Crippen molar-refractivity contribution in [2.24, 2.45) is 0 Å². The maximum atomic E-state index is 12.7. The van der Waals surface area contributed by atoms with Gasteiger partial charge in [0.1, 0.15) is 0 Å². The summed E-state index contributed by atoms with van der Waals surface area (Å²) in [4.78, 5) is 26.9. The standard InChI is InChI=1S/C23H29N5O3/c1-26-8-10-28(11-9-26)17-7-5-6-16(12-17)15-27(2)23-24-19-14-21(31-4)20(30-3)13-18(19)22(29)25-23/h5-7,12-14H,8-11,15H2,1-4H3,(H,24,25,29). The maximum absolute atomic E-state index is 12.7. The molecule has 164 valence electrons. The Bertz CT molecular complexity index is 1120. The first kappa shape index (κ1) is 21.0. The van der Waals surface area contributed by atoms with Crippen molar-refractivity contribution in [2.75, 3.05) is 64.3 Å². The van der Waals surface area contributed by atoms with Gasteiger partial charge in [0.05, 0.1) is 25.1 Å². The topological polar surface area (TPSA) is 73.9 Å². The van der Waals surface area contributed by atoms with Crippen LogP contribution < -0.4 is 24.8 Å². The number of aromatic nitrogens is 2. The molecular weight excluding hydrogens is 394 g/mol. The van der Waals surface area contributed by atoms with E-state index in [9.17, 15) is 4.79 Å². The molecular formula is C23H29N5O3. The summed E-state index contributed by atoms with van der Waals surface area (Å²) < 4.78 is 10.7. The summed E-state index contributed by atoms with van der Waals surface area (Å²) in [7, 11) is 7.19. The van der Waals surface area contributed by atoms with Gasteiger partial charge in [-0.25, -0.2) is 4.98 Å². The lowest BCUT2D eigenvalue weighted by Crippen LogP contribution is -2.44. The van der Waals surface area contributed by atoms with Crippen LogP contribution in [0.3, 0.4) is 0 Å². The molecule has 0 unspecified atom stereocenters. The molecule has 0 amide bonds. The van der Waals surface area contributed by atoms with Crippen LogP contribution in [-0.2, 0) is 6.54 Å². The number of nitrogens with zero attached hydrogens (tertiary/aromatic N) is 4. The van der Waals surface area contributed by atoms with E-state index < -0.39 is 0 Å². The van der Waals surface area contributed by atoms with Crippen LogP contribution in [0, 0.1) is 0 Å². The smallest absolute Gasteiger partial charge is 0.260 e. The first-order chi connectivity index (χ1) is 15.0. The number of anilines is 2. The molecule has 4 rings (SSSR count). The lowest BCUT2D eigenvalue weighted by atomic mass is 10.1. The minimum atomic E-state index is -0.209. The zero-order valence-corrected chi connectivity index (χ0v) is 18.5. The van der Waals surface area contributed by atoms with Gasteiger partial charge in [0.15, 0.2) is 11.5 Å². The molecule has 31 heavy (non-hydrogen) atoms. The van der Waals surface area contributed by atoms with E-state index >= 15 is 0 Å². The highest BCUT2D eigenvalue weighted by atomic mass is 16.5. The van der Waals surface area contributed by atoms with E-state index in [1.807, 2.05) is 11.9 Å². The SMILES string of the molecule is COc1cc2nc(N(C)Cc3cccc(N4CCN(C)CC4)c3)[nH]c(=O)c2cc1OC. The molecule has 8 nitrogen and oxygen atoms in total. The van der Waals surface area contributed by atoms with Crippen LogP contribution >= 0.6 is 0 Å². The number of benzene rings is 2. The van der Waals surface area contributed by atoms with E-state index in [1.54, 1.807) is 26.4 Å². The van der Waals surface area contributed by atoms with Crippen LogP contribution in [0.5, 0.6) is 11.5 Å². The number of aromatic amines is 1. The number of H-pyrrole nitrogens is 1. The molecule has 0 bridgehead atoms. The van der Waals surface area contributed by atoms with Gasteiger partial charge in [0.25, 0.3) is 5.56 Å². The Balaban J connectivity index is 1.58. The fourth-order valence-corrected chi connectivity index (χ4v) is 3.90. The van der Waals surface area contributed by atoms with Crippen LogP contribution in [-0.4, -0.2) is 69.4 Å². The number of methoxy groups -OCH3 is 2. The molecule has 0 radical (unpaired) electrons. The van der Waals surface area contributed by atoms with E-state index in [0.29, 0.717) is 34.9 Å². The molecule has 1 aliphatic rings. The fraction of sp³-hybridized carbons (Fsp3) is 0.391. The van der Waals surface area contributed by atoms with E-state index in [-0.39, 0.29) is 5.56 Å². The van der Waals surface area contributed by atoms with Crippen LogP contribution in [0.2, 0.25) is 0 Å².